The molecule has 4 nitrogen and oxygen atoms in total. The fraction of sp³-hybridized carbons (Fsp3) is 0.467. The molecule has 0 spiro atoms. The molecule has 1 aliphatic carbocycles. The number of rotatable bonds is 5. The number of hydrogen-bond donors (Lipinski definition) is 0. The largest absolute Gasteiger partial charge is 0.468 e. The van der Waals surface area contributed by atoms with E-state index >= 15 is 0 Å². The second-order valence-electron chi connectivity index (χ2n) is 4.95. The summed E-state index contributed by atoms with van der Waals surface area (Å²) in [6.45, 7) is -0.0450. The fourth-order valence-corrected chi connectivity index (χ4v) is 2.72. The minimum absolute atomic E-state index is 0.0450. The predicted octanol–water partition coefficient (Wildman–Crippen LogP) is 1.94. The average molecular weight is 262 g/mol. The van der Waals surface area contributed by atoms with Crippen molar-refractivity contribution in [1.29, 1.82) is 0 Å². The zero-order chi connectivity index (χ0) is 13.9. The Hall–Kier alpha value is -1.68. The third-order valence-electron chi connectivity index (χ3n) is 3.85. The van der Waals surface area contributed by atoms with E-state index in [2.05, 4.69) is 0 Å². The van der Waals surface area contributed by atoms with Crippen molar-refractivity contribution in [3.05, 3.63) is 35.9 Å². The Labute approximate surface area is 112 Å². The third-order valence-corrected chi connectivity index (χ3v) is 3.85. The molecule has 1 aromatic rings. The molecule has 102 valence electrons. The molecule has 1 fully saturated rings. The number of carbonyl (C=O) groups is 2. The molecule has 0 saturated heterocycles. The molecule has 1 aromatic carbocycles. The number of hydrogen-bond acceptors (Lipinski definition) is 4. The fourth-order valence-electron chi connectivity index (χ4n) is 2.72. The summed E-state index contributed by atoms with van der Waals surface area (Å²) >= 11 is 0. The zero-order valence-corrected chi connectivity index (χ0v) is 11.2. The maximum absolute atomic E-state index is 12.1. The van der Waals surface area contributed by atoms with E-state index < -0.39 is 11.4 Å². The monoisotopic (exact) mass is 262 g/mol. The van der Waals surface area contributed by atoms with E-state index in [4.69, 9.17) is 9.47 Å². The van der Waals surface area contributed by atoms with Crippen molar-refractivity contribution in [2.75, 3.05) is 20.8 Å². The highest BCUT2D eigenvalue weighted by molar-refractivity contribution is 6.05. The van der Waals surface area contributed by atoms with E-state index in [1.165, 1.54) is 14.2 Å². The number of ketones is 1. The van der Waals surface area contributed by atoms with Crippen LogP contribution in [0.4, 0.5) is 0 Å². The SMILES string of the molecule is COCC(=O)C1(C(=O)OC)CC(c2ccccc2)C1. The molecule has 0 heterocycles. The van der Waals surface area contributed by atoms with Crippen LogP contribution in [0.15, 0.2) is 30.3 Å². The first-order valence-corrected chi connectivity index (χ1v) is 6.29. The van der Waals surface area contributed by atoms with E-state index in [1.54, 1.807) is 0 Å². The summed E-state index contributed by atoms with van der Waals surface area (Å²) in [5.41, 5.74) is 0.151. The van der Waals surface area contributed by atoms with Crippen LogP contribution >= 0.6 is 0 Å². The zero-order valence-electron chi connectivity index (χ0n) is 11.2. The minimum atomic E-state index is -1.01. The van der Waals surface area contributed by atoms with Crippen LogP contribution in [0.3, 0.4) is 0 Å². The molecule has 0 amide bonds. The maximum Gasteiger partial charge on any atom is 0.319 e. The molecule has 0 aliphatic heterocycles. The number of benzene rings is 1. The highest BCUT2D eigenvalue weighted by Crippen LogP contribution is 2.52. The van der Waals surface area contributed by atoms with E-state index in [0.717, 1.165) is 5.56 Å². The lowest BCUT2D eigenvalue weighted by molar-refractivity contribution is -0.167. The number of ether oxygens (including phenoxy) is 2. The van der Waals surface area contributed by atoms with Crippen molar-refractivity contribution in [2.45, 2.75) is 18.8 Å². The van der Waals surface area contributed by atoms with Gasteiger partial charge in [0.15, 0.2) is 5.78 Å². The summed E-state index contributed by atoms with van der Waals surface area (Å²) in [6, 6.07) is 9.92. The quantitative estimate of drug-likeness (QED) is 0.601. The van der Waals surface area contributed by atoms with Crippen LogP contribution in [0.25, 0.3) is 0 Å². The minimum Gasteiger partial charge on any atom is -0.468 e. The van der Waals surface area contributed by atoms with Crippen molar-refractivity contribution < 1.29 is 19.1 Å². The van der Waals surface area contributed by atoms with Gasteiger partial charge in [-0.3, -0.25) is 9.59 Å². The smallest absolute Gasteiger partial charge is 0.319 e. The van der Waals surface area contributed by atoms with E-state index in [-0.39, 0.29) is 18.3 Å². The molecular weight excluding hydrogens is 244 g/mol. The normalized spacial score (nSPS) is 25.5. The first-order valence-electron chi connectivity index (χ1n) is 6.29. The summed E-state index contributed by atoms with van der Waals surface area (Å²) in [7, 11) is 2.77. The highest BCUT2D eigenvalue weighted by atomic mass is 16.5. The molecule has 0 aromatic heterocycles. The van der Waals surface area contributed by atoms with Crippen molar-refractivity contribution in [1.82, 2.24) is 0 Å². The van der Waals surface area contributed by atoms with Gasteiger partial charge in [-0.1, -0.05) is 30.3 Å². The van der Waals surface area contributed by atoms with Gasteiger partial charge in [-0.05, 0) is 24.3 Å². The molecule has 0 N–H and O–H groups in total. The van der Waals surface area contributed by atoms with Gasteiger partial charge in [0.25, 0.3) is 0 Å². The molecule has 1 saturated carbocycles. The Morgan fingerprint density at radius 1 is 1.21 bits per heavy atom. The van der Waals surface area contributed by atoms with Crippen LogP contribution in [0, 0.1) is 5.41 Å². The van der Waals surface area contributed by atoms with Gasteiger partial charge in [-0.25, -0.2) is 0 Å². The van der Waals surface area contributed by atoms with Gasteiger partial charge in [-0.2, -0.15) is 0 Å². The number of Topliss-reactive ketones (excluding diaryl/α,β-unsaturated/α-hetero) is 1. The van der Waals surface area contributed by atoms with Gasteiger partial charge >= 0.3 is 5.97 Å². The molecule has 19 heavy (non-hydrogen) atoms. The van der Waals surface area contributed by atoms with E-state index in [1.807, 2.05) is 30.3 Å². The van der Waals surface area contributed by atoms with Gasteiger partial charge in [-0.15, -0.1) is 0 Å². The average Bonchev–Trinajstić information content (AvgIpc) is 2.39. The molecule has 0 radical (unpaired) electrons. The molecule has 1 aliphatic rings. The van der Waals surface area contributed by atoms with Crippen LogP contribution in [0.5, 0.6) is 0 Å². The van der Waals surface area contributed by atoms with Crippen molar-refractivity contribution in [3.8, 4) is 0 Å². The molecule has 0 atom stereocenters. The summed E-state index contributed by atoms with van der Waals surface area (Å²) in [4.78, 5) is 24.0. The van der Waals surface area contributed by atoms with Gasteiger partial charge in [0, 0.05) is 7.11 Å². The van der Waals surface area contributed by atoms with Crippen molar-refractivity contribution in [3.63, 3.8) is 0 Å². The first-order chi connectivity index (χ1) is 9.14. The van der Waals surface area contributed by atoms with Crippen molar-refractivity contribution >= 4 is 11.8 Å². The van der Waals surface area contributed by atoms with Crippen LogP contribution in [0.1, 0.15) is 24.3 Å². The van der Waals surface area contributed by atoms with Gasteiger partial charge in [0.1, 0.15) is 12.0 Å². The summed E-state index contributed by atoms with van der Waals surface area (Å²) in [5.74, 6) is -0.392. The van der Waals surface area contributed by atoms with Crippen LogP contribution in [0.2, 0.25) is 0 Å². The summed E-state index contributed by atoms with van der Waals surface area (Å²) in [5, 5.41) is 0. The highest BCUT2D eigenvalue weighted by Gasteiger charge is 2.56. The van der Waals surface area contributed by atoms with E-state index in [0.29, 0.717) is 12.8 Å². The summed E-state index contributed by atoms with van der Waals surface area (Å²) in [6.07, 6.45) is 1.01. The third kappa shape index (κ3) is 2.40. The Morgan fingerprint density at radius 3 is 2.37 bits per heavy atom. The standard InChI is InChI=1S/C15H18O4/c1-18-10-13(16)15(14(17)19-2)8-12(9-15)11-6-4-3-5-7-11/h3-7,12H,8-10H2,1-2H3. The second kappa shape index (κ2) is 5.53. The van der Waals surface area contributed by atoms with E-state index in [9.17, 15) is 9.59 Å². The lowest BCUT2D eigenvalue weighted by atomic mass is 9.58. The van der Waals surface area contributed by atoms with Gasteiger partial charge in [0.05, 0.1) is 7.11 Å². The van der Waals surface area contributed by atoms with Crippen LogP contribution in [-0.4, -0.2) is 32.6 Å². The predicted molar refractivity (Wildman–Crippen MR) is 69.7 cm³/mol. The number of methoxy groups -OCH3 is 2. The Kier molecular flexibility index (Phi) is 4.00. The Balaban J connectivity index is 2.13. The van der Waals surface area contributed by atoms with Gasteiger partial charge in [0.2, 0.25) is 0 Å². The maximum atomic E-state index is 12.1. The summed E-state index contributed by atoms with van der Waals surface area (Å²) < 4.78 is 9.66. The molecular formula is C15H18O4. The Bertz CT molecular complexity index is 460. The lowest BCUT2D eigenvalue weighted by Crippen LogP contribution is -2.51. The lowest BCUT2D eigenvalue weighted by Gasteiger charge is -2.44. The van der Waals surface area contributed by atoms with Crippen LogP contribution < -0.4 is 0 Å². The van der Waals surface area contributed by atoms with Crippen molar-refractivity contribution in [2.24, 2.45) is 5.41 Å². The number of carbonyl (C=O) groups excluding carboxylic acids is 2. The molecule has 0 bridgehead atoms. The number of esters is 1. The Morgan fingerprint density at radius 2 is 1.84 bits per heavy atom. The molecule has 0 unspecified atom stereocenters. The molecule has 4 heteroatoms. The first kappa shape index (κ1) is 13.7. The van der Waals surface area contributed by atoms with Gasteiger partial charge < -0.3 is 9.47 Å². The second-order valence-corrected chi connectivity index (χ2v) is 4.95. The molecule has 2 rings (SSSR count). The van der Waals surface area contributed by atoms with Crippen LogP contribution in [-0.2, 0) is 19.1 Å². The topological polar surface area (TPSA) is 52.6 Å².